The van der Waals surface area contributed by atoms with Gasteiger partial charge in [-0.05, 0) is 64.5 Å². The van der Waals surface area contributed by atoms with E-state index in [1.54, 1.807) is 6.08 Å². The Morgan fingerprint density at radius 3 is 2.72 bits per heavy atom. The first-order valence-electron chi connectivity index (χ1n) is 9.76. The summed E-state index contributed by atoms with van der Waals surface area (Å²) < 4.78 is 5.69. The topological polar surface area (TPSA) is 29.5 Å². The van der Waals surface area contributed by atoms with Gasteiger partial charge in [-0.1, -0.05) is 37.1 Å². The van der Waals surface area contributed by atoms with Gasteiger partial charge in [-0.3, -0.25) is 4.79 Å². The predicted octanol–water partition coefficient (Wildman–Crippen LogP) is 5.56. The fraction of sp³-hybridized carbons (Fsp3) is 0.591. The molecule has 0 aromatic carbocycles. The standard InChI is InChI=1S/C22H35NO2/c1-5-8-17-23(6-2)22(24)14-12-10-9-11-13-20-16-15-19(4)21(18-20)25-7-3/h9-10,12,14,18H,5-8,11,13,15-17H2,1-4H3. The van der Waals surface area contributed by atoms with Gasteiger partial charge in [0.1, 0.15) is 5.76 Å². The number of hydrogen-bond acceptors (Lipinski definition) is 2. The second-order valence-electron chi connectivity index (χ2n) is 6.48. The maximum Gasteiger partial charge on any atom is 0.246 e. The minimum Gasteiger partial charge on any atom is -0.494 e. The Kier molecular flexibility index (Phi) is 10.7. The molecule has 0 unspecified atom stereocenters. The summed E-state index contributed by atoms with van der Waals surface area (Å²) in [6, 6.07) is 0. The molecule has 0 bridgehead atoms. The molecule has 140 valence electrons. The summed E-state index contributed by atoms with van der Waals surface area (Å²) in [4.78, 5) is 14.0. The highest BCUT2D eigenvalue weighted by atomic mass is 16.5. The molecule has 0 spiro atoms. The number of unbranched alkanes of at least 4 members (excludes halogenated alkanes) is 1. The summed E-state index contributed by atoms with van der Waals surface area (Å²) in [6.07, 6.45) is 16.3. The van der Waals surface area contributed by atoms with Gasteiger partial charge in [0.25, 0.3) is 0 Å². The monoisotopic (exact) mass is 345 g/mol. The molecule has 1 amide bonds. The van der Waals surface area contributed by atoms with E-state index in [0.29, 0.717) is 0 Å². The zero-order valence-corrected chi connectivity index (χ0v) is 16.5. The van der Waals surface area contributed by atoms with Crippen molar-refractivity contribution in [3.8, 4) is 0 Å². The van der Waals surface area contributed by atoms with Crippen molar-refractivity contribution in [2.75, 3.05) is 19.7 Å². The van der Waals surface area contributed by atoms with E-state index in [4.69, 9.17) is 4.74 Å². The first-order chi connectivity index (χ1) is 12.1. The van der Waals surface area contributed by atoms with Crippen LogP contribution in [-0.4, -0.2) is 30.5 Å². The van der Waals surface area contributed by atoms with Gasteiger partial charge in [0.05, 0.1) is 6.61 Å². The molecular weight excluding hydrogens is 310 g/mol. The van der Waals surface area contributed by atoms with E-state index in [2.05, 4.69) is 26.0 Å². The van der Waals surface area contributed by atoms with Crippen LogP contribution in [0.2, 0.25) is 0 Å². The minimum absolute atomic E-state index is 0.109. The van der Waals surface area contributed by atoms with Gasteiger partial charge in [-0.25, -0.2) is 0 Å². The number of carbonyl (C=O) groups excluding carboxylic acids is 1. The third-order valence-corrected chi connectivity index (χ3v) is 4.47. The average Bonchev–Trinajstić information content (AvgIpc) is 2.61. The summed E-state index contributed by atoms with van der Waals surface area (Å²) in [5, 5.41) is 0. The van der Waals surface area contributed by atoms with Gasteiger partial charge in [0.15, 0.2) is 0 Å². The second kappa shape index (κ2) is 12.6. The molecule has 25 heavy (non-hydrogen) atoms. The quantitative estimate of drug-likeness (QED) is 0.362. The van der Waals surface area contributed by atoms with E-state index in [1.165, 1.54) is 11.1 Å². The molecule has 0 heterocycles. The normalized spacial score (nSPS) is 15.1. The third kappa shape index (κ3) is 8.24. The zero-order valence-electron chi connectivity index (χ0n) is 16.5. The number of amides is 1. The minimum atomic E-state index is 0.109. The van der Waals surface area contributed by atoms with E-state index in [-0.39, 0.29) is 5.91 Å². The summed E-state index contributed by atoms with van der Waals surface area (Å²) in [6.45, 7) is 10.7. The number of carbonyl (C=O) groups is 1. The number of nitrogens with zero attached hydrogens (tertiary/aromatic N) is 1. The first-order valence-corrected chi connectivity index (χ1v) is 9.76. The van der Waals surface area contributed by atoms with Gasteiger partial charge in [0.2, 0.25) is 5.91 Å². The van der Waals surface area contributed by atoms with Crippen LogP contribution in [0.3, 0.4) is 0 Å². The van der Waals surface area contributed by atoms with Crippen molar-refractivity contribution in [3.63, 3.8) is 0 Å². The Morgan fingerprint density at radius 1 is 1.24 bits per heavy atom. The van der Waals surface area contributed by atoms with Crippen molar-refractivity contribution in [2.24, 2.45) is 0 Å². The molecule has 1 aliphatic carbocycles. The highest BCUT2D eigenvalue weighted by Crippen LogP contribution is 2.27. The second-order valence-corrected chi connectivity index (χ2v) is 6.48. The summed E-state index contributed by atoms with van der Waals surface area (Å²) >= 11 is 0. The fourth-order valence-electron chi connectivity index (χ4n) is 2.83. The molecule has 0 N–H and O–H groups in total. The van der Waals surface area contributed by atoms with Crippen molar-refractivity contribution >= 4 is 5.91 Å². The van der Waals surface area contributed by atoms with Crippen LogP contribution in [0.15, 0.2) is 47.3 Å². The number of allylic oxidation sites excluding steroid dienone is 6. The molecule has 0 aromatic rings. The van der Waals surface area contributed by atoms with Gasteiger partial charge < -0.3 is 9.64 Å². The van der Waals surface area contributed by atoms with Crippen LogP contribution < -0.4 is 0 Å². The highest BCUT2D eigenvalue weighted by Gasteiger charge is 2.10. The van der Waals surface area contributed by atoms with Crippen LogP contribution in [0, 0.1) is 0 Å². The van der Waals surface area contributed by atoms with Gasteiger partial charge in [-0.2, -0.15) is 0 Å². The average molecular weight is 346 g/mol. The van der Waals surface area contributed by atoms with Crippen molar-refractivity contribution in [1.29, 1.82) is 0 Å². The maximum atomic E-state index is 12.1. The Labute approximate surface area is 154 Å². The Balaban J connectivity index is 2.38. The van der Waals surface area contributed by atoms with Crippen LogP contribution in [0.1, 0.15) is 66.2 Å². The van der Waals surface area contributed by atoms with Crippen LogP contribution >= 0.6 is 0 Å². The van der Waals surface area contributed by atoms with Gasteiger partial charge >= 0.3 is 0 Å². The lowest BCUT2D eigenvalue weighted by Crippen LogP contribution is -2.30. The first kappa shape index (κ1) is 21.3. The molecule has 0 aliphatic heterocycles. The maximum absolute atomic E-state index is 12.1. The molecular formula is C22H35NO2. The molecule has 0 aromatic heterocycles. The van der Waals surface area contributed by atoms with Crippen LogP contribution in [0.4, 0.5) is 0 Å². The smallest absolute Gasteiger partial charge is 0.246 e. The molecule has 0 atom stereocenters. The summed E-state index contributed by atoms with van der Waals surface area (Å²) in [5.74, 6) is 1.17. The Morgan fingerprint density at radius 2 is 2.04 bits per heavy atom. The van der Waals surface area contributed by atoms with Crippen molar-refractivity contribution in [3.05, 3.63) is 47.3 Å². The molecule has 0 saturated heterocycles. The number of ether oxygens (including phenoxy) is 1. The lowest BCUT2D eigenvalue weighted by molar-refractivity contribution is -0.125. The molecule has 0 fully saturated rings. The molecule has 3 heteroatoms. The third-order valence-electron chi connectivity index (χ3n) is 4.47. The summed E-state index contributed by atoms with van der Waals surface area (Å²) in [7, 11) is 0. The van der Waals surface area contributed by atoms with E-state index < -0.39 is 0 Å². The molecule has 0 radical (unpaired) electrons. The Bertz CT molecular complexity index is 526. The van der Waals surface area contributed by atoms with E-state index >= 15 is 0 Å². The van der Waals surface area contributed by atoms with Crippen LogP contribution in [0.25, 0.3) is 0 Å². The highest BCUT2D eigenvalue weighted by molar-refractivity contribution is 5.87. The van der Waals surface area contributed by atoms with E-state index in [1.807, 2.05) is 30.9 Å². The molecule has 0 saturated carbocycles. The number of hydrogen-bond donors (Lipinski definition) is 0. The van der Waals surface area contributed by atoms with Crippen molar-refractivity contribution in [1.82, 2.24) is 4.90 Å². The zero-order chi connectivity index (χ0) is 18.5. The largest absolute Gasteiger partial charge is 0.494 e. The summed E-state index contributed by atoms with van der Waals surface area (Å²) in [5.41, 5.74) is 2.81. The molecule has 1 rings (SSSR count). The van der Waals surface area contributed by atoms with Gasteiger partial charge in [0, 0.05) is 19.2 Å². The fourth-order valence-corrected chi connectivity index (χ4v) is 2.83. The van der Waals surface area contributed by atoms with Crippen LogP contribution in [0.5, 0.6) is 0 Å². The van der Waals surface area contributed by atoms with E-state index in [0.717, 1.165) is 64.0 Å². The van der Waals surface area contributed by atoms with Crippen molar-refractivity contribution in [2.45, 2.75) is 66.2 Å². The van der Waals surface area contributed by atoms with Crippen LogP contribution in [-0.2, 0) is 9.53 Å². The lowest BCUT2D eigenvalue weighted by Gasteiger charge is -2.18. The SMILES string of the molecule is CCCCN(CC)C(=O)C=CC=CCCC1=CC(OCC)=C(C)CC1. The number of likely N-dealkylation sites (N-methyl/N-ethyl adjacent to an activating group) is 1. The molecule has 1 aliphatic rings. The van der Waals surface area contributed by atoms with E-state index in [9.17, 15) is 4.79 Å². The number of rotatable bonds is 11. The Hall–Kier alpha value is -1.77. The lowest BCUT2D eigenvalue weighted by atomic mass is 9.95. The predicted molar refractivity (Wildman–Crippen MR) is 106 cm³/mol. The van der Waals surface area contributed by atoms with Crippen molar-refractivity contribution < 1.29 is 9.53 Å². The molecule has 3 nitrogen and oxygen atoms in total. The van der Waals surface area contributed by atoms with Gasteiger partial charge in [-0.15, -0.1) is 0 Å².